The molecule has 4 nitrogen and oxygen atoms in total. The van der Waals surface area contributed by atoms with Crippen LogP contribution in [0.15, 0.2) is 36.9 Å². The Bertz CT molecular complexity index is 804. The molecule has 0 saturated carbocycles. The van der Waals surface area contributed by atoms with E-state index in [1.165, 1.54) is 6.92 Å². The SMILES string of the molecule is Cc1ccc(-c2nccn2CCc2cnn(C)c2)c(F)c1F. The zero-order chi connectivity index (χ0) is 15.7. The van der Waals surface area contributed by atoms with Crippen LogP contribution in [0.5, 0.6) is 0 Å². The van der Waals surface area contributed by atoms with Crippen molar-refractivity contribution in [3.8, 4) is 11.4 Å². The first-order chi connectivity index (χ1) is 10.6. The van der Waals surface area contributed by atoms with E-state index in [9.17, 15) is 8.78 Å². The molecule has 22 heavy (non-hydrogen) atoms. The molecule has 0 unspecified atom stereocenters. The van der Waals surface area contributed by atoms with E-state index < -0.39 is 11.6 Å². The molecule has 114 valence electrons. The largest absolute Gasteiger partial charge is 0.331 e. The van der Waals surface area contributed by atoms with Gasteiger partial charge in [-0.15, -0.1) is 0 Å². The van der Waals surface area contributed by atoms with E-state index >= 15 is 0 Å². The predicted octanol–water partition coefficient (Wildman–Crippen LogP) is 3.11. The van der Waals surface area contributed by atoms with Gasteiger partial charge in [0, 0.05) is 32.2 Å². The molecule has 6 heteroatoms. The molecule has 0 atom stereocenters. The summed E-state index contributed by atoms with van der Waals surface area (Å²) in [6, 6.07) is 3.13. The fourth-order valence-electron chi connectivity index (χ4n) is 2.40. The van der Waals surface area contributed by atoms with Gasteiger partial charge < -0.3 is 4.57 Å². The van der Waals surface area contributed by atoms with Crippen molar-refractivity contribution in [2.75, 3.05) is 0 Å². The molecule has 3 rings (SSSR count). The number of hydrogen-bond donors (Lipinski definition) is 0. The van der Waals surface area contributed by atoms with Gasteiger partial charge in [-0.3, -0.25) is 4.68 Å². The second kappa shape index (κ2) is 5.71. The molecule has 0 aliphatic rings. The third-order valence-corrected chi connectivity index (χ3v) is 3.63. The molecule has 3 aromatic rings. The second-order valence-electron chi connectivity index (χ2n) is 5.27. The van der Waals surface area contributed by atoms with Crippen LogP contribution in [0, 0.1) is 18.6 Å². The molecule has 0 fully saturated rings. The normalized spacial score (nSPS) is 11.1. The Labute approximate surface area is 127 Å². The fraction of sp³-hybridized carbons (Fsp3) is 0.250. The van der Waals surface area contributed by atoms with E-state index in [0.717, 1.165) is 12.0 Å². The standard InChI is InChI=1S/C16H16F2N4/c1-11-3-4-13(15(18)14(11)17)16-19-6-8-22(16)7-5-12-9-20-21(2)10-12/h3-4,6,8-10H,5,7H2,1-2H3. The number of benzene rings is 1. The number of hydrogen-bond acceptors (Lipinski definition) is 2. The van der Waals surface area contributed by atoms with Crippen molar-refractivity contribution in [1.29, 1.82) is 0 Å². The summed E-state index contributed by atoms with van der Waals surface area (Å²) in [6.45, 7) is 2.16. The van der Waals surface area contributed by atoms with Crippen molar-refractivity contribution in [2.45, 2.75) is 19.9 Å². The van der Waals surface area contributed by atoms with Crippen molar-refractivity contribution in [2.24, 2.45) is 7.05 Å². The summed E-state index contributed by atoms with van der Waals surface area (Å²) >= 11 is 0. The number of imidazole rings is 1. The Morgan fingerprint density at radius 1 is 1.18 bits per heavy atom. The van der Waals surface area contributed by atoms with E-state index in [0.29, 0.717) is 12.4 Å². The Hall–Kier alpha value is -2.50. The quantitative estimate of drug-likeness (QED) is 0.742. The minimum atomic E-state index is -0.853. The van der Waals surface area contributed by atoms with Crippen LogP contribution in [-0.2, 0) is 20.0 Å². The molecule has 0 aliphatic carbocycles. The monoisotopic (exact) mass is 302 g/mol. The molecule has 1 aromatic carbocycles. The van der Waals surface area contributed by atoms with Gasteiger partial charge in [-0.25, -0.2) is 13.8 Å². The van der Waals surface area contributed by atoms with Crippen LogP contribution in [0.1, 0.15) is 11.1 Å². The highest BCUT2D eigenvalue weighted by atomic mass is 19.2. The van der Waals surface area contributed by atoms with E-state index in [2.05, 4.69) is 10.1 Å². The third-order valence-electron chi connectivity index (χ3n) is 3.63. The average Bonchev–Trinajstić information content (AvgIpc) is 3.12. The van der Waals surface area contributed by atoms with E-state index in [4.69, 9.17) is 0 Å². The molecule has 0 spiro atoms. The summed E-state index contributed by atoms with van der Waals surface area (Å²) in [5, 5.41) is 4.11. The summed E-state index contributed by atoms with van der Waals surface area (Å²) in [7, 11) is 1.86. The summed E-state index contributed by atoms with van der Waals surface area (Å²) < 4.78 is 31.4. The van der Waals surface area contributed by atoms with Gasteiger partial charge in [0.1, 0.15) is 5.82 Å². The lowest BCUT2D eigenvalue weighted by Gasteiger charge is -2.09. The zero-order valence-electron chi connectivity index (χ0n) is 12.4. The fourth-order valence-corrected chi connectivity index (χ4v) is 2.40. The highest BCUT2D eigenvalue weighted by Crippen LogP contribution is 2.25. The predicted molar refractivity (Wildman–Crippen MR) is 79.2 cm³/mol. The van der Waals surface area contributed by atoms with E-state index in [-0.39, 0.29) is 11.1 Å². The lowest BCUT2D eigenvalue weighted by atomic mass is 10.1. The lowest BCUT2D eigenvalue weighted by Crippen LogP contribution is -2.04. The molecule has 0 amide bonds. The molecule has 0 aliphatic heterocycles. The third kappa shape index (κ3) is 2.64. The number of halogens is 2. The number of aromatic nitrogens is 4. The number of rotatable bonds is 4. The first-order valence-corrected chi connectivity index (χ1v) is 7.00. The maximum Gasteiger partial charge on any atom is 0.170 e. The Kier molecular flexibility index (Phi) is 3.75. The Morgan fingerprint density at radius 3 is 2.73 bits per heavy atom. The Morgan fingerprint density at radius 2 is 2.00 bits per heavy atom. The number of nitrogens with zero attached hydrogens (tertiary/aromatic N) is 4. The van der Waals surface area contributed by atoms with Crippen LogP contribution in [0.3, 0.4) is 0 Å². The molecular formula is C16H16F2N4. The van der Waals surface area contributed by atoms with Crippen molar-refractivity contribution >= 4 is 0 Å². The van der Waals surface area contributed by atoms with E-state index in [1.54, 1.807) is 35.4 Å². The topological polar surface area (TPSA) is 35.6 Å². The van der Waals surface area contributed by atoms with Crippen LogP contribution in [0.4, 0.5) is 8.78 Å². The van der Waals surface area contributed by atoms with Crippen molar-refractivity contribution in [3.05, 3.63) is 59.7 Å². The van der Waals surface area contributed by atoms with Gasteiger partial charge in [0.2, 0.25) is 0 Å². The maximum atomic E-state index is 14.1. The van der Waals surface area contributed by atoms with Gasteiger partial charge in [-0.05, 0) is 30.5 Å². The van der Waals surface area contributed by atoms with Crippen LogP contribution >= 0.6 is 0 Å². The van der Waals surface area contributed by atoms with Crippen LogP contribution in [-0.4, -0.2) is 19.3 Å². The van der Waals surface area contributed by atoms with Gasteiger partial charge in [-0.2, -0.15) is 5.10 Å². The average molecular weight is 302 g/mol. The van der Waals surface area contributed by atoms with Crippen LogP contribution < -0.4 is 0 Å². The molecule has 0 bridgehead atoms. The first kappa shape index (κ1) is 14.4. The van der Waals surface area contributed by atoms with Gasteiger partial charge >= 0.3 is 0 Å². The minimum Gasteiger partial charge on any atom is -0.331 e. The summed E-state index contributed by atoms with van der Waals surface area (Å²) in [4.78, 5) is 4.17. The minimum absolute atomic E-state index is 0.180. The highest BCUT2D eigenvalue weighted by molar-refractivity contribution is 5.57. The van der Waals surface area contributed by atoms with Crippen molar-refractivity contribution < 1.29 is 8.78 Å². The molecular weight excluding hydrogens is 286 g/mol. The number of aryl methyl sites for hydroxylation is 4. The summed E-state index contributed by atoms with van der Waals surface area (Å²) in [6.07, 6.45) is 7.83. The molecule has 2 aromatic heterocycles. The molecule has 0 radical (unpaired) electrons. The van der Waals surface area contributed by atoms with Crippen molar-refractivity contribution in [3.63, 3.8) is 0 Å². The van der Waals surface area contributed by atoms with Gasteiger partial charge in [-0.1, -0.05) is 6.07 Å². The van der Waals surface area contributed by atoms with Crippen LogP contribution in [0.2, 0.25) is 0 Å². The van der Waals surface area contributed by atoms with Gasteiger partial charge in [0.15, 0.2) is 11.6 Å². The first-order valence-electron chi connectivity index (χ1n) is 7.00. The lowest BCUT2D eigenvalue weighted by molar-refractivity contribution is 0.504. The highest BCUT2D eigenvalue weighted by Gasteiger charge is 2.16. The second-order valence-corrected chi connectivity index (χ2v) is 5.27. The van der Waals surface area contributed by atoms with E-state index in [1.807, 2.05) is 17.8 Å². The van der Waals surface area contributed by atoms with Crippen LogP contribution in [0.25, 0.3) is 11.4 Å². The zero-order valence-corrected chi connectivity index (χ0v) is 12.4. The molecule has 0 saturated heterocycles. The van der Waals surface area contributed by atoms with Gasteiger partial charge in [0.25, 0.3) is 0 Å². The van der Waals surface area contributed by atoms with Crippen molar-refractivity contribution in [1.82, 2.24) is 19.3 Å². The van der Waals surface area contributed by atoms with Gasteiger partial charge in [0.05, 0.1) is 11.8 Å². The molecule has 2 heterocycles. The molecule has 0 N–H and O–H groups in total. The summed E-state index contributed by atoms with van der Waals surface area (Å²) in [5.41, 5.74) is 1.55. The maximum absolute atomic E-state index is 14.1. The Balaban J connectivity index is 1.87. The summed E-state index contributed by atoms with van der Waals surface area (Å²) in [5.74, 6) is -1.24. The smallest absolute Gasteiger partial charge is 0.170 e.